The van der Waals surface area contributed by atoms with E-state index in [1.54, 1.807) is 0 Å². The van der Waals surface area contributed by atoms with Crippen LogP contribution >= 0.6 is 0 Å². The number of rotatable bonds is 22. The molecular formula is C85H152F24O15. The summed E-state index contributed by atoms with van der Waals surface area (Å²) in [6.45, 7) is 6.58. The maximum Gasteiger partial charge on any atom is 0.364 e. The van der Waals surface area contributed by atoms with Crippen molar-refractivity contribution in [1.82, 2.24) is 0 Å². The van der Waals surface area contributed by atoms with Crippen LogP contribution < -0.4 is 0 Å². The van der Waals surface area contributed by atoms with E-state index < -0.39 is 278 Å². The molecule has 0 aromatic carbocycles. The van der Waals surface area contributed by atoms with Crippen molar-refractivity contribution < 1.29 is 185 Å². The molecule has 12 saturated carbocycles. The second-order valence-corrected chi connectivity index (χ2v) is 37.4. The van der Waals surface area contributed by atoms with Gasteiger partial charge in [0.2, 0.25) is 0 Å². The topological polar surface area (TPSA) is 406 Å². The zero-order valence-electron chi connectivity index (χ0n) is 71.6. The summed E-state index contributed by atoms with van der Waals surface area (Å²) in [4.78, 5) is 0. The van der Waals surface area contributed by atoms with Crippen molar-refractivity contribution in [3.63, 3.8) is 0 Å². The van der Waals surface area contributed by atoms with Gasteiger partial charge in [0.25, 0.3) is 0 Å². The van der Waals surface area contributed by atoms with Gasteiger partial charge in [-0.05, 0) is 224 Å². The number of alkyl halides is 24. The fourth-order valence-corrected chi connectivity index (χ4v) is 23.8. The van der Waals surface area contributed by atoms with Crippen molar-refractivity contribution in [2.24, 2.45) is 107 Å². The molecule has 0 spiro atoms. The number of hydrogen-bond acceptors (Lipinski definition) is 3. The van der Waals surface area contributed by atoms with Gasteiger partial charge in [-0.1, -0.05) is 104 Å². The fourth-order valence-electron chi connectivity index (χ4n) is 23.8. The largest absolute Gasteiger partial charge is 0.412 e. The van der Waals surface area contributed by atoms with E-state index in [-0.39, 0.29) is 83.5 Å². The quantitative estimate of drug-likeness (QED) is 0.0754. The highest BCUT2D eigenvalue weighted by Crippen LogP contribution is 2.57. The van der Waals surface area contributed by atoms with Crippen LogP contribution in [-0.4, -0.2) is 213 Å². The Morgan fingerprint density at radius 3 is 0.629 bits per heavy atom. The van der Waals surface area contributed by atoms with Gasteiger partial charge in [-0.3, -0.25) is 0 Å². The smallest absolute Gasteiger partial charge is 0.364 e. The lowest BCUT2D eigenvalue weighted by molar-refractivity contribution is -0.324. The van der Waals surface area contributed by atoms with Gasteiger partial charge < -0.3 is 79.9 Å². The summed E-state index contributed by atoms with van der Waals surface area (Å²) in [5.41, 5.74) is 0. The Bertz CT molecular complexity index is 2700. The van der Waals surface area contributed by atoms with Crippen molar-refractivity contribution in [3.05, 3.63) is 0 Å². The summed E-state index contributed by atoms with van der Waals surface area (Å²) >= 11 is 0. The highest BCUT2D eigenvalue weighted by molar-refractivity contribution is 5.03. The molecule has 0 aliphatic heterocycles. The molecule has 0 aromatic rings. The Hall–Kier alpha value is -2.28. The first kappa shape index (κ1) is 126. The van der Waals surface area contributed by atoms with E-state index in [1.165, 1.54) is 77.0 Å². The average molecular weight is 1870 g/mol. The molecule has 21 atom stereocenters. The molecule has 124 heavy (non-hydrogen) atoms. The first-order chi connectivity index (χ1) is 53.0. The van der Waals surface area contributed by atoms with Gasteiger partial charge >= 0.3 is 18.3 Å². The van der Waals surface area contributed by atoms with Crippen LogP contribution in [0.1, 0.15) is 278 Å². The minimum atomic E-state index is -4.31. The third-order valence-corrected chi connectivity index (χ3v) is 30.2. The highest BCUT2D eigenvalue weighted by atomic mass is 19.3. The Morgan fingerprint density at radius 1 is 0.210 bits per heavy atom. The van der Waals surface area contributed by atoms with Gasteiger partial charge in [0.1, 0.15) is 110 Å². The van der Waals surface area contributed by atoms with Crippen LogP contribution in [0.3, 0.4) is 0 Å². The first-order valence-corrected chi connectivity index (χ1v) is 43.7. The summed E-state index contributed by atoms with van der Waals surface area (Å²) in [6, 6.07) is 0. The second kappa shape index (κ2) is 56.0. The molecule has 0 saturated heterocycles. The molecule has 12 fully saturated rings. The van der Waals surface area contributed by atoms with E-state index in [1.807, 2.05) is 0 Å². The maximum absolute atomic E-state index is 15.4. The lowest BCUT2D eigenvalue weighted by Gasteiger charge is -2.45. The molecule has 12 aliphatic carbocycles. The molecule has 21 unspecified atom stereocenters. The number of unbranched alkanes of at least 4 members (excludes halogenated alkanes) is 2. The molecule has 0 radical (unpaired) electrons. The summed E-state index contributed by atoms with van der Waals surface area (Å²) in [6.07, 6.45) is -36.2. The second-order valence-electron chi connectivity index (χ2n) is 37.4. The Balaban J connectivity index is -0.00000169. The lowest BCUT2D eigenvalue weighted by Crippen LogP contribution is -2.52. The summed E-state index contributed by atoms with van der Waals surface area (Å²) in [7, 11) is 0. The standard InChI is InChI=1S/C30H46F8O.C28H42F8O.C27H40F8O.12H2O/c1-2-3-4-5-17-6-8-18(9-7-17)19-10-11-22(23(31)12-19)20-13-24(32)28(25(33)14-20)30(37,38)39-21-15-26(34)29(36)27(35)16-21;1-2-3-15-4-6-16(7-5-15)17-8-9-20(21(29)10-17)18-11-22(30)26(23(31)12-18)28(35,36)37-19-13-24(32)27(34)25(33)14-19;1-2-14-3-5-15(6-4-14)16-7-8-19(20(28)9-16)17-10-21(29)25(22(30)11-17)27(34,35)36-18-12-23(31)26(33)24(32)13-18;;;;;;;;;;;;/h17-29H,2-16H2,1H3;15-27H,2-14H2,1H3;14-26H,2-13H2,1H3;12*1H2. The van der Waals surface area contributed by atoms with Gasteiger partial charge in [0.15, 0.2) is 18.5 Å². The monoisotopic (exact) mass is 1870 g/mol. The molecule has 12 rings (SSSR count). The van der Waals surface area contributed by atoms with Crippen LogP contribution in [0, 0.1) is 107 Å². The van der Waals surface area contributed by atoms with Crippen LogP contribution in [0.25, 0.3) is 0 Å². The van der Waals surface area contributed by atoms with Crippen molar-refractivity contribution in [2.45, 2.75) is 425 Å². The maximum atomic E-state index is 15.4. The van der Waals surface area contributed by atoms with Gasteiger partial charge in [0, 0.05) is 38.5 Å². The van der Waals surface area contributed by atoms with E-state index in [0.717, 1.165) is 82.0 Å². The van der Waals surface area contributed by atoms with Gasteiger partial charge in [-0.25, -0.2) is 79.0 Å². The fraction of sp³-hybridized carbons (Fsp3) is 1.00. The molecule has 0 amide bonds. The average Bonchev–Trinajstić information content (AvgIpc) is 0.780. The minimum absolute atomic E-state index is 0. The molecule has 0 aromatic heterocycles. The van der Waals surface area contributed by atoms with Crippen molar-refractivity contribution in [3.8, 4) is 0 Å². The van der Waals surface area contributed by atoms with Gasteiger partial charge in [-0.15, -0.1) is 0 Å². The molecular weight excluding hydrogens is 1720 g/mol. The third-order valence-electron chi connectivity index (χ3n) is 30.2. The van der Waals surface area contributed by atoms with E-state index >= 15 is 39.5 Å². The SMILES string of the molecule is CCC1CCC(C2CCC(C3CC(F)C(C(F)(F)OC4CC(F)C(F)C(F)C4)C(F)C3)C(F)C2)CC1.CCCC1CCC(C2CCC(C3CC(F)C(C(F)(F)OC4CC(F)C(F)C(F)C4)C(F)C3)C(F)C2)CC1.CCCCCC1CCC(C2CCC(C3CC(F)C(C(F)(F)OC4CC(F)C(F)C(F)C4)C(F)C3)C(F)C2)CC1.O.O.O.O.O.O.O.O.O.O.O.O. The molecule has 24 N–H and O–H groups in total. The number of hydrogen-bond donors (Lipinski definition) is 0. The number of ether oxygens (including phenoxy) is 3. The molecule has 750 valence electrons. The Morgan fingerprint density at radius 2 is 0.419 bits per heavy atom. The molecule has 0 heterocycles. The van der Waals surface area contributed by atoms with Crippen LogP contribution in [0.2, 0.25) is 0 Å². The van der Waals surface area contributed by atoms with Crippen LogP contribution in [0.15, 0.2) is 0 Å². The van der Waals surface area contributed by atoms with Crippen molar-refractivity contribution >= 4 is 0 Å². The van der Waals surface area contributed by atoms with Crippen LogP contribution in [0.4, 0.5) is 105 Å². The minimum Gasteiger partial charge on any atom is -0.412 e. The van der Waals surface area contributed by atoms with Crippen molar-refractivity contribution in [2.75, 3.05) is 0 Å². The van der Waals surface area contributed by atoms with Crippen molar-refractivity contribution in [1.29, 1.82) is 0 Å². The van der Waals surface area contributed by atoms with E-state index in [2.05, 4.69) is 35.0 Å². The van der Waals surface area contributed by atoms with E-state index in [9.17, 15) is 65.9 Å². The number of halogens is 24. The van der Waals surface area contributed by atoms with Crippen LogP contribution in [0.5, 0.6) is 0 Å². The summed E-state index contributed by atoms with van der Waals surface area (Å²) in [5.74, 6) is -6.48. The molecule has 12 aliphatic rings. The predicted molar refractivity (Wildman–Crippen MR) is 425 cm³/mol. The first-order valence-electron chi connectivity index (χ1n) is 43.7. The van der Waals surface area contributed by atoms with Gasteiger partial charge in [0.05, 0.1) is 18.3 Å². The summed E-state index contributed by atoms with van der Waals surface area (Å²) in [5, 5.41) is 0. The molecule has 15 nitrogen and oxygen atoms in total. The summed E-state index contributed by atoms with van der Waals surface area (Å²) < 4.78 is 360. The Kier molecular flexibility index (Phi) is 56.9. The molecule has 39 heteroatoms. The highest BCUT2D eigenvalue weighted by Gasteiger charge is 2.62. The van der Waals surface area contributed by atoms with Crippen LogP contribution in [-0.2, 0) is 14.2 Å². The van der Waals surface area contributed by atoms with E-state index in [4.69, 9.17) is 0 Å². The Labute approximate surface area is 714 Å². The third kappa shape index (κ3) is 32.0. The zero-order chi connectivity index (χ0) is 81.4. The molecule has 0 bridgehead atoms. The van der Waals surface area contributed by atoms with E-state index in [0.29, 0.717) is 56.3 Å². The zero-order valence-corrected chi connectivity index (χ0v) is 71.6. The normalized spacial score (nSPS) is 43.1. The predicted octanol–water partition coefficient (Wildman–Crippen LogP) is 17.0. The van der Waals surface area contributed by atoms with Gasteiger partial charge in [-0.2, -0.15) is 26.3 Å². The lowest BCUT2D eigenvalue weighted by atomic mass is 9.63.